The van der Waals surface area contributed by atoms with Crippen molar-refractivity contribution in [2.24, 2.45) is 5.41 Å². The van der Waals surface area contributed by atoms with Crippen molar-refractivity contribution in [2.45, 2.75) is 19.9 Å². The summed E-state index contributed by atoms with van der Waals surface area (Å²) in [5.41, 5.74) is 0.168. The fourth-order valence-electron chi connectivity index (χ4n) is 2.04. The van der Waals surface area contributed by atoms with Gasteiger partial charge in [0.2, 0.25) is 5.91 Å². The van der Waals surface area contributed by atoms with Gasteiger partial charge in [0.1, 0.15) is 5.82 Å². The first-order valence-corrected chi connectivity index (χ1v) is 5.84. The maximum absolute atomic E-state index is 13.3. The third-order valence-electron chi connectivity index (χ3n) is 3.31. The highest BCUT2D eigenvalue weighted by Gasteiger charge is 2.35. The van der Waals surface area contributed by atoms with Crippen molar-refractivity contribution in [3.63, 3.8) is 0 Å². The van der Waals surface area contributed by atoms with E-state index >= 15 is 0 Å². The smallest absolute Gasteiger partial charge is 0.227 e. The van der Waals surface area contributed by atoms with Crippen LogP contribution in [0.3, 0.4) is 0 Å². The van der Waals surface area contributed by atoms with E-state index in [-0.39, 0.29) is 36.1 Å². The van der Waals surface area contributed by atoms with Gasteiger partial charge >= 0.3 is 0 Å². The summed E-state index contributed by atoms with van der Waals surface area (Å²) in [6.45, 7) is 3.74. The van der Waals surface area contributed by atoms with Gasteiger partial charge in [-0.05, 0) is 26.0 Å². The van der Waals surface area contributed by atoms with Crippen molar-refractivity contribution in [3.8, 4) is 0 Å². The van der Waals surface area contributed by atoms with E-state index in [2.05, 4.69) is 10.6 Å². The van der Waals surface area contributed by atoms with Crippen LogP contribution >= 0.6 is 12.4 Å². The summed E-state index contributed by atoms with van der Waals surface area (Å²) in [5, 5.41) is 5.97. The van der Waals surface area contributed by atoms with Crippen LogP contribution in [0.1, 0.15) is 18.9 Å². The number of hydrogen-bond acceptors (Lipinski definition) is 2. The Balaban J connectivity index is 0.00000162. The van der Waals surface area contributed by atoms with Gasteiger partial charge in [-0.1, -0.05) is 18.2 Å². The van der Waals surface area contributed by atoms with Crippen LogP contribution in [0.25, 0.3) is 0 Å². The van der Waals surface area contributed by atoms with Crippen molar-refractivity contribution in [1.29, 1.82) is 0 Å². The standard InChI is InChI=1S/C13H17FN2O.ClH/c1-13(6-7-15-9-13)12(17)16-8-10-4-2-3-5-11(10)14;/h2-5,15H,6-9H2,1H3,(H,16,17);1H. The van der Waals surface area contributed by atoms with Gasteiger partial charge in [-0.15, -0.1) is 12.4 Å². The largest absolute Gasteiger partial charge is 0.351 e. The minimum absolute atomic E-state index is 0. The molecule has 5 heteroatoms. The van der Waals surface area contributed by atoms with Crippen LogP contribution in [-0.4, -0.2) is 19.0 Å². The Morgan fingerprint density at radius 3 is 2.83 bits per heavy atom. The summed E-state index contributed by atoms with van der Waals surface area (Å²) in [4.78, 5) is 12.0. The fourth-order valence-corrected chi connectivity index (χ4v) is 2.04. The number of amides is 1. The monoisotopic (exact) mass is 272 g/mol. The van der Waals surface area contributed by atoms with Crippen LogP contribution in [0, 0.1) is 11.2 Å². The van der Waals surface area contributed by atoms with Crippen molar-refractivity contribution in [3.05, 3.63) is 35.6 Å². The first-order chi connectivity index (χ1) is 8.12. The molecular weight excluding hydrogens is 255 g/mol. The van der Waals surface area contributed by atoms with Gasteiger partial charge in [0.15, 0.2) is 0 Å². The van der Waals surface area contributed by atoms with Crippen LogP contribution < -0.4 is 10.6 Å². The van der Waals surface area contributed by atoms with Gasteiger partial charge < -0.3 is 10.6 Å². The van der Waals surface area contributed by atoms with E-state index in [1.807, 2.05) is 6.92 Å². The Morgan fingerprint density at radius 2 is 2.22 bits per heavy atom. The zero-order chi connectivity index (χ0) is 12.3. The number of hydrogen-bond donors (Lipinski definition) is 2. The highest BCUT2D eigenvalue weighted by Crippen LogP contribution is 2.24. The van der Waals surface area contributed by atoms with Gasteiger partial charge in [-0.2, -0.15) is 0 Å². The van der Waals surface area contributed by atoms with Crippen LogP contribution in [-0.2, 0) is 11.3 Å². The number of carbonyl (C=O) groups excluding carboxylic acids is 1. The summed E-state index contributed by atoms with van der Waals surface area (Å²) >= 11 is 0. The predicted octanol–water partition coefficient (Wildman–Crippen LogP) is 1.86. The summed E-state index contributed by atoms with van der Waals surface area (Å²) in [6, 6.07) is 6.50. The Labute approximate surface area is 113 Å². The second kappa shape index (κ2) is 6.16. The van der Waals surface area contributed by atoms with E-state index in [1.54, 1.807) is 18.2 Å². The van der Waals surface area contributed by atoms with Gasteiger partial charge in [0.25, 0.3) is 0 Å². The topological polar surface area (TPSA) is 41.1 Å². The minimum atomic E-state index is -0.356. The molecule has 2 N–H and O–H groups in total. The number of benzene rings is 1. The molecule has 2 rings (SSSR count). The van der Waals surface area contributed by atoms with Crippen LogP contribution in [0.15, 0.2) is 24.3 Å². The number of nitrogens with one attached hydrogen (secondary N) is 2. The quantitative estimate of drug-likeness (QED) is 0.882. The molecule has 0 aromatic heterocycles. The summed E-state index contributed by atoms with van der Waals surface area (Å²) < 4.78 is 13.3. The molecule has 1 aromatic rings. The van der Waals surface area contributed by atoms with Crippen molar-refractivity contribution in [1.82, 2.24) is 10.6 Å². The van der Waals surface area contributed by atoms with E-state index in [9.17, 15) is 9.18 Å². The van der Waals surface area contributed by atoms with Gasteiger partial charge in [0, 0.05) is 18.7 Å². The molecule has 1 saturated heterocycles. The van der Waals surface area contributed by atoms with E-state index < -0.39 is 0 Å². The normalized spacial score (nSPS) is 22.3. The average molecular weight is 273 g/mol. The second-order valence-corrected chi connectivity index (χ2v) is 4.76. The molecule has 18 heavy (non-hydrogen) atoms. The Kier molecular flexibility index (Phi) is 5.11. The zero-order valence-electron chi connectivity index (χ0n) is 10.3. The molecule has 1 amide bonds. The second-order valence-electron chi connectivity index (χ2n) is 4.76. The molecule has 1 unspecified atom stereocenters. The average Bonchev–Trinajstić information content (AvgIpc) is 2.76. The summed E-state index contributed by atoms with van der Waals surface area (Å²) in [6.07, 6.45) is 0.829. The van der Waals surface area contributed by atoms with Crippen LogP contribution in [0.5, 0.6) is 0 Å². The molecular formula is C13H18ClFN2O. The van der Waals surface area contributed by atoms with E-state index in [0.717, 1.165) is 13.0 Å². The Morgan fingerprint density at radius 1 is 1.50 bits per heavy atom. The molecule has 0 radical (unpaired) electrons. The molecule has 1 aromatic carbocycles. The molecule has 0 bridgehead atoms. The third kappa shape index (κ3) is 3.21. The van der Waals surface area contributed by atoms with Crippen molar-refractivity contribution >= 4 is 18.3 Å². The molecule has 1 atom stereocenters. The molecule has 1 heterocycles. The lowest BCUT2D eigenvalue weighted by molar-refractivity contribution is -0.129. The lowest BCUT2D eigenvalue weighted by Crippen LogP contribution is -2.40. The minimum Gasteiger partial charge on any atom is -0.351 e. The van der Waals surface area contributed by atoms with E-state index in [0.29, 0.717) is 12.1 Å². The first-order valence-electron chi connectivity index (χ1n) is 5.84. The molecule has 100 valence electrons. The van der Waals surface area contributed by atoms with Gasteiger partial charge in [-0.25, -0.2) is 4.39 Å². The summed E-state index contributed by atoms with van der Waals surface area (Å²) in [5.74, 6) is -0.284. The van der Waals surface area contributed by atoms with E-state index in [1.165, 1.54) is 6.07 Å². The van der Waals surface area contributed by atoms with Crippen LogP contribution in [0.2, 0.25) is 0 Å². The zero-order valence-corrected chi connectivity index (χ0v) is 11.1. The highest BCUT2D eigenvalue weighted by molar-refractivity contribution is 5.85. The maximum atomic E-state index is 13.3. The molecule has 1 aliphatic heterocycles. The fraction of sp³-hybridized carbons (Fsp3) is 0.462. The van der Waals surface area contributed by atoms with Gasteiger partial charge in [0.05, 0.1) is 5.41 Å². The molecule has 1 fully saturated rings. The Hall–Kier alpha value is -1.13. The molecule has 0 spiro atoms. The first kappa shape index (κ1) is 14.9. The number of halogens is 2. The molecule has 3 nitrogen and oxygen atoms in total. The molecule has 0 saturated carbocycles. The Bertz CT molecular complexity index is 419. The lowest BCUT2D eigenvalue weighted by atomic mass is 9.89. The SMILES string of the molecule is CC1(C(=O)NCc2ccccc2F)CCNC1.Cl. The van der Waals surface area contributed by atoms with Crippen molar-refractivity contribution in [2.75, 3.05) is 13.1 Å². The lowest BCUT2D eigenvalue weighted by Gasteiger charge is -2.21. The number of rotatable bonds is 3. The van der Waals surface area contributed by atoms with Crippen molar-refractivity contribution < 1.29 is 9.18 Å². The van der Waals surface area contributed by atoms with E-state index in [4.69, 9.17) is 0 Å². The highest BCUT2D eigenvalue weighted by atomic mass is 35.5. The molecule has 1 aliphatic rings. The van der Waals surface area contributed by atoms with Gasteiger partial charge in [-0.3, -0.25) is 4.79 Å². The third-order valence-corrected chi connectivity index (χ3v) is 3.31. The molecule has 0 aliphatic carbocycles. The van der Waals surface area contributed by atoms with Crippen LogP contribution in [0.4, 0.5) is 4.39 Å². The maximum Gasteiger partial charge on any atom is 0.227 e. The number of carbonyl (C=O) groups is 1. The summed E-state index contributed by atoms with van der Waals surface area (Å²) in [7, 11) is 0. The predicted molar refractivity (Wildman–Crippen MR) is 71.1 cm³/mol.